The lowest BCUT2D eigenvalue weighted by Crippen LogP contribution is -2.25. The van der Waals surface area contributed by atoms with Crippen LogP contribution < -0.4 is 9.64 Å². The molecule has 0 amide bonds. The van der Waals surface area contributed by atoms with E-state index >= 15 is 0 Å². The first-order valence-corrected chi connectivity index (χ1v) is 6.43. The monoisotopic (exact) mass is 265 g/mol. The zero-order valence-electron chi connectivity index (χ0n) is 11.5. The minimum Gasteiger partial charge on any atom is -0.477 e. The number of anilines is 1. The summed E-state index contributed by atoms with van der Waals surface area (Å²) in [5.41, 5.74) is 0. The molecule has 104 valence electrons. The van der Waals surface area contributed by atoms with Gasteiger partial charge in [0, 0.05) is 13.1 Å². The predicted octanol–water partition coefficient (Wildman–Crippen LogP) is 1.12. The van der Waals surface area contributed by atoms with Crippen LogP contribution in [0.4, 0.5) is 5.82 Å². The van der Waals surface area contributed by atoms with Crippen LogP contribution in [0.25, 0.3) is 0 Å². The zero-order chi connectivity index (χ0) is 13.8. The van der Waals surface area contributed by atoms with Crippen molar-refractivity contribution in [2.24, 2.45) is 11.8 Å². The summed E-state index contributed by atoms with van der Waals surface area (Å²) in [7, 11) is 1.42. The Labute approximate surface area is 112 Å². The molecule has 0 saturated carbocycles. The standard InChI is InChI=1S/C13H19N3O3/c1-4-19-12-6-14-5-11(15-12)16-7-9(2)10(8-16)13(17)18-3/h5-6,9-10H,4,7-8H2,1-3H3. The van der Waals surface area contributed by atoms with Crippen molar-refractivity contribution in [3.8, 4) is 5.88 Å². The third-order valence-corrected chi connectivity index (χ3v) is 3.33. The van der Waals surface area contributed by atoms with E-state index in [0.717, 1.165) is 12.4 Å². The molecule has 2 heterocycles. The maximum absolute atomic E-state index is 11.7. The minimum absolute atomic E-state index is 0.109. The van der Waals surface area contributed by atoms with Gasteiger partial charge in [-0.25, -0.2) is 0 Å². The molecule has 19 heavy (non-hydrogen) atoms. The molecule has 1 saturated heterocycles. The van der Waals surface area contributed by atoms with E-state index in [2.05, 4.69) is 9.97 Å². The van der Waals surface area contributed by atoms with Gasteiger partial charge >= 0.3 is 5.97 Å². The van der Waals surface area contributed by atoms with Gasteiger partial charge in [-0.05, 0) is 12.8 Å². The molecule has 0 N–H and O–H groups in total. The van der Waals surface area contributed by atoms with Crippen molar-refractivity contribution in [3.63, 3.8) is 0 Å². The fraction of sp³-hybridized carbons (Fsp3) is 0.615. The average molecular weight is 265 g/mol. The van der Waals surface area contributed by atoms with Crippen LogP contribution >= 0.6 is 0 Å². The molecule has 1 aliphatic heterocycles. The summed E-state index contributed by atoms with van der Waals surface area (Å²) < 4.78 is 10.2. The Balaban J connectivity index is 2.11. The Morgan fingerprint density at radius 2 is 2.26 bits per heavy atom. The van der Waals surface area contributed by atoms with Crippen LogP contribution in [0, 0.1) is 11.8 Å². The van der Waals surface area contributed by atoms with Gasteiger partial charge in [0.1, 0.15) is 0 Å². The lowest BCUT2D eigenvalue weighted by molar-refractivity contribution is -0.145. The summed E-state index contributed by atoms with van der Waals surface area (Å²) in [6, 6.07) is 0. The Morgan fingerprint density at radius 3 is 2.95 bits per heavy atom. The number of carbonyl (C=O) groups is 1. The fourth-order valence-electron chi connectivity index (χ4n) is 2.32. The van der Waals surface area contributed by atoms with Crippen molar-refractivity contribution in [2.45, 2.75) is 13.8 Å². The number of hydrogen-bond acceptors (Lipinski definition) is 6. The highest BCUT2D eigenvalue weighted by Crippen LogP contribution is 2.28. The quantitative estimate of drug-likeness (QED) is 0.760. The Hall–Kier alpha value is -1.85. The Kier molecular flexibility index (Phi) is 4.19. The van der Waals surface area contributed by atoms with Gasteiger partial charge in [-0.3, -0.25) is 9.78 Å². The molecule has 1 aliphatic rings. The minimum atomic E-state index is -0.163. The average Bonchev–Trinajstić information content (AvgIpc) is 2.81. The number of ether oxygens (including phenoxy) is 2. The molecule has 0 aromatic carbocycles. The molecule has 2 atom stereocenters. The zero-order valence-corrected chi connectivity index (χ0v) is 11.5. The lowest BCUT2D eigenvalue weighted by atomic mass is 9.99. The van der Waals surface area contributed by atoms with Crippen LogP contribution in [0.15, 0.2) is 12.4 Å². The molecule has 1 aromatic heterocycles. The summed E-state index contributed by atoms with van der Waals surface area (Å²) in [5.74, 6) is 1.22. The SMILES string of the molecule is CCOc1cncc(N2CC(C)C(C(=O)OC)C2)n1. The molecular weight excluding hydrogens is 246 g/mol. The molecule has 6 nitrogen and oxygen atoms in total. The van der Waals surface area contributed by atoms with E-state index in [0.29, 0.717) is 19.0 Å². The largest absolute Gasteiger partial charge is 0.477 e. The van der Waals surface area contributed by atoms with Crippen molar-refractivity contribution in [1.29, 1.82) is 0 Å². The molecule has 0 radical (unpaired) electrons. The van der Waals surface area contributed by atoms with Crippen LogP contribution in [0.3, 0.4) is 0 Å². The number of carbonyl (C=O) groups excluding carboxylic acids is 1. The number of aromatic nitrogens is 2. The van der Waals surface area contributed by atoms with Crippen molar-refractivity contribution in [2.75, 3.05) is 31.7 Å². The maximum atomic E-state index is 11.7. The van der Waals surface area contributed by atoms with Gasteiger partial charge in [-0.15, -0.1) is 0 Å². The second-order valence-corrected chi connectivity index (χ2v) is 4.66. The van der Waals surface area contributed by atoms with E-state index < -0.39 is 0 Å². The summed E-state index contributed by atoms with van der Waals surface area (Å²) in [6.07, 6.45) is 3.28. The molecule has 2 unspecified atom stereocenters. The van der Waals surface area contributed by atoms with Crippen molar-refractivity contribution < 1.29 is 14.3 Å². The smallest absolute Gasteiger partial charge is 0.310 e. The molecule has 0 aliphatic carbocycles. The number of nitrogens with zero attached hydrogens (tertiary/aromatic N) is 3. The van der Waals surface area contributed by atoms with Gasteiger partial charge in [0.2, 0.25) is 5.88 Å². The molecule has 6 heteroatoms. The molecule has 2 rings (SSSR count). The number of methoxy groups -OCH3 is 1. The first kappa shape index (κ1) is 13.6. The second kappa shape index (κ2) is 5.86. The maximum Gasteiger partial charge on any atom is 0.310 e. The topological polar surface area (TPSA) is 64.5 Å². The molecular formula is C13H19N3O3. The first-order chi connectivity index (χ1) is 9.15. The van der Waals surface area contributed by atoms with Crippen LogP contribution in [0.2, 0.25) is 0 Å². The third kappa shape index (κ3) is 2.94. The highest BCUT2D eigenvalue weighted by Gasteiger charge is 2.36. The van der Waals surface area contributed by atoms with Crippen molar-refractivity contribution in [1.82, 2.24) is 9.97 Å². The summed E-state index contributed by atoms with van der Waals surface area (Å²) >= 11 is 0. The van der Waals surface area contributed by atoms with Crippen LogP contribution in [-0.4, -0.2) is 42.7 Å². The van der Waals surface area contributed by atoms with E-state index in [1.807, 2.05) is 18.7 Å². The number of esters is 1. The second-order valence-electron chi connectivity index (χ2n) is 4.66. The van der Waals surface area contributed by atoms with Crippen LogP contribution in [0.1, 0.15) is 13.8 Å². The van der Waals surface area contributed by atoms with E-state index in [4.69, 9.17) is 9.47 Å². The molecule has 0 spiro atoms. The van der Waals surface area contributed by atoms with Gasteiger partial charge in [-0.2, -0.15) is 4.98 Å². The highest BCUT2D eigenvalue weighted by molar-refractivity contribution is 5.74. The van der Waals surface area contributed by atoms with Gasteiger partial charge < -0.3 is 14.4 Å². The van der Waals surface area contributed by atoms with Crippen molar-refractivity contribution in [3.05, 3.63) is 12.4 Å². The summed E-state index contributed by atoms with van der Waals surface area (Å²) in [6.45, 7) is 5.88. The summed E-state index contributed by atoms with van der Waals surface area (Å²) in [4.78, 5) is 22.2. The number of hydrogen-bond donors (Lipinski definition) is 0. The summed E-state index contributed by atoms with van der Waals surface area (Å²) in [5, 5.41) is 0. The van der Waals surface area contributed by atoms with E-state index in [1.54, 1.807) is 12.4 Å². The normalized spacial score (nSPS) is 22.4. The van der Waals surface area contributed by atoms with Gasteiger partial charge in [-0.1, -0.05) is 6.92 Å². The van der Waals surface area contributed by atoms with E-state index in [9.17, 15) is 4.79 Å². The van der Waals surface area contributed by atoms with E-state index in [-0.39, 0.29) is 17.8 Å². The molecule has 1 aromatic rings. The molecule has 1 fully saturated rings. The van der Waals surface area contributed by atoms with Gasteiger partial charge in [0.25, 0.3) is 0 Å². The van der Waals surface area contributed by atoms with Gasteiger partial charge in [0.15, 0.2) is 5.82 Å². The first-order valence-electron chi connectivity index (χ1n) is 6.43. The Bertz CT molecular complexity index is 453. The lowest BCUT2D eigenvalue weighted by Gasteiger charge is -2.17. The van der Waals surface area contributed by atoms with Crippen LogP contribution in [-0.2, 0) is 9.53 Å². The van der Waals surface area contributed by atoms with Crippen molar-refractivity contribution >= 4 is 11.8 Å². The molecule has 0 bridgehead atoms. The Morgan fingerprint density at radius 1 is 1.47 bits per heavy atom. The fourth-order valence-corrected chi connectivity index (χ4v) is 2.32. The number of rotatable bonds is 4. The van der Waals surface area contributed by atoms with Gasteiger partial charge in [0.05, 0.1) is 32.0 Å². The third-order valence-electron chi connectivity index (χ3n) is 3.33. The predicted molar refractivity (Wildman–Crippen MR) is 70.1 cm³/mol. The van der Waals surface area contributed by atoms with E-state index in [1.165, 1.54) is 7.11 Å². The van der Waals surface area contributed by atoms with Crippen LogP contribution in [0.5, 0.6) is 5.88 Å². The highest BCUT2D eigenvalue weighted by atomic mass is 16.5.